The minimum Gasteiger partial charge on any atom is -0.387 e. The lowest BCUT2D eigenvalue weighted by molar-refractivity contribution is 0.0571. The van der Waals surface area contributed by atoms with Gasteiger partial charge in [-0.3, -0.25) is 4.90 Å². The SMILES string of the molecule is N#Cc1ccc(N2CCN(C3Cc4ccccc4C3O)CC2)c(F)c1. The number of hydrogen-bond donors (Lipinski definition) is 1. The van der Waals surface area contributed by atoms with Gasteiger partial charge in [0.1, 0.15) is 5.82 Å². The second kappa shape index (κ2) is 6.47. The lowest BCUT2D eigenvalue weighted by Gasteiger charge is -2.40. The van der Waals surface area contributed by atoms with Gasteiger partial charge in [0.05, 0.1) is 23.4 Å². The van der Waals surface area contributed by atoms with Gasteiger partial charge < -0.3 is 10.0 Å². The number of nitriles is 1. The fourth-order valence-corrected chi connectivity index (χ4v) is 4.01. The Bertz CT molecular complexity index is 824. The van der Waals surface area contributed by atoms with E-state index in [0.29, 0.717) is 24.3 Å². The Morgan fingerprint density at radius 1 is 1.08 bits per heavy atom. The van der Waals surface area contributed by atoms with Crippen LogP contribution in [0.3, 0.4) is 0 Å². The highest BCUT2D eigenvalue weighted by molar-refractivity contribution is 5.51. The van der Waals surface area contributed by atoms with Crippen molar-refractivity contribution in [2.24, 2.45) is 0 Å². The fraction of sp³-hybridized carbons (Fsp3) is 0.350. The predicted octanol–water partition coefficient (Wildman–Crippen LogP) is 2.48. The summed E-state index contributed by atoms with van der Waals surface area (Å²) in [4.78, 5) is 4.32. The maximum Gasteiger partial charge on any atom is 0.147 e. The van der Waals surface area contributed by atoms with E-state index in [1.807, 2.05) is 29.2 Å². The number of aliphatic hydroxyl groups is 1. The molecule has 2 unspecified atom stereocenters. The van der Waals surface area contributed by atoms with E-state index in [2.05, 4.69) is 11.0 Å². The molecule has 1 N–H and O–H groups in total. The molecule has 4 nitrogen and oxygen atoms in total. The summed E-state index contributed by atoms with van der Waals surface area (Å²) in [5.74, 6) is -0.346. The van der Waals surface area contributed by atoms with Crippen LogP contribution in [-0.4, -0.2) is 42.2 Å². The van der Waals surface area contributed by atoms with Gasteiger partial charge in [0.2, 0.25) is 0 Å². The second-order valence-corrected chi connectivity index (χ2v) is 6.72. The van der Waals surface area contributed by atoms with Crippen molar-refractivity contribution >= 4 is 5.69 Å². The van der Waals surface area contributed by atoms with E-state index in [1.54, 1.807) is 12.1 Å². The molecule has 1 heterocycles. The number of piperazine rings is 1. The molecule has 0 aromatic heterocycles. The molecule has 1 aliphatic carbocycles. The lowest BCUT2D eigenvalue weighted by atomic mass is 10.1. The number of hydrogen-bond acceptors (Lipinski definition) is 4. The third-order valence-corrected chi connectivity index (χ3v) is 5.37. The zero-order chi connectivity index (χ0) is 17.4. The molecule has 0 amide bonds. The van der Waals surface area contributed by atoms with Gasteiger partial charge in [0.15, 0.2) is 0 Å². The molecule has 1 saturated heterocycles. The minimum atomic E-state index is -0.450. The zero-order valence-electron chi connectivity index (χ0n) is 13.9. The van der Waals surface area contributed by atoms with Crippen molar-refractivity contribution in [3.05, 3.63) is 65.0 Å². The summed E-state index contributed by atoms with van der Waals surface area (Å²) < 4.78 is 14.2. The third kappa shape index (κ3) is 2.88. The number of benzene rings is 2. The molecule has 2 atom stereocenters. The topological polar surface area (TPSA) is 50.5 Å². The molecule has 128 valence electrons. The average Bonchev–Trinajstić information content (AvgIpc) is 2.99. The monoisotopic (exact) mass is 337 g/mol. The van der Waals surface area contributed by atoms with E-state index in [-0.39, 0.29) is 11.9 Å². The van der Waals surface area contributed by atoms with Crippen LogP contribution in [0.2, 0.25) is 0 Å². The summed E-state index contributed by atoms with van der Waals surface area (Å²) >= 11 is 0. The van der Waals surface area contributed by atoms with Gasteiger partial charge in [-0.05, 0) is 35.7 Å². The van der Waals surface area contributed by atoms with Gasteiger partial charge in [-0.15, -0.1) is 0 Å². The van der Waals surface area contributed by atoms with Crippen molar-refractivity contribution in [2.75, 3.05) is 31.1 Å². The van der Waals surface area contributed by atoms with Crippen LogP contribution in [0.1, 0.15) is 22.8 Å². The number of nitrogens with zero attached hydrogens (tertiary/aromatic N) is 3. The molecule has 1 fully saturated rings. The van der Waals surface area contributed by atoms with Crippen molar-refractivity contribution in [3.8, 4) is 6.07 Å². The van der Waals surface area contributed by atoms with Crippen molar-refractivity contribution in [2.45, 2.75) is 18.6 Å². The van der Waals surface area contributed by atoms with E-state index in [1.165, 1.54) is 11.6 Å². The van der Waals surface area contributed by atoms with Crippen molar-refractivity contribution in [1.29, 1.82) is 5.26 Å². The summed E-state index contributed by atoms with van der Waals surface area (Å²) in [6, 6.07) is 14.8. The molecule has 25 heavy (non-hydrogen) atoms. The molecule has 1 aliphatic heterocycles. The molecule has 2 aliphatic rings. The minimum absolute atomic E-state index is 0.102. The molecule has 0 saturated carbocycles. The van der Waals surface area contributed by atoms with Crippen molar-refractivity contribution < 1.29 is 9.50 Å². The van der Waals surface area contributed by atoms with Gasteiger partial charge in [-0.25, -0.2) is 4.39 Å². The second-order valence-electron chi connectivity index (χ2n) is 6.72. The first kappa shape index (κ1) is 16.1. The molecule has 0 spiro atoms. The Labute approximate surface area is 146 Å². The standard InChI is InChI=1S/C20H20FN3O/c21-17-11-14(13-22)5-6-18(17)23-7-9-24(10-8-23)19-12-15-3-1-2-4-16(15)20(19)25/h1-6,11,19-20,25H,7-10,12H2. The maximum absolute atomic E-state index is 14.2. The Morgan fingerprint density at radius 3 is 2.52 bits per heavy atom. The third-order valence-electron chi connectivity index (χ3n) is 5.37. The first-order valence-corrected chi connectivity index (χ1v) is 8.62. The van der Waals surface area contributed by atoms with E-state index >= 15 is 0 Å². The van der Waals surface area contributed by atoms with E-state index < -0.39 is 6.10 Å². The van der Waals surface area contributed by atoms with Crippen LogP contribution in [0, 0.1) is 17.1 Å². The predicted molar refractivity (Wildman–Crippen MR) is 93.8 cm³/mol. The van der Waals surface area contributed by atoms with Gasteiger partial charge in [0.25, 0.3) is 0 Å². The molecule has 5 heteroatoms. The molecule has 0 bridgehead atoms. The van der Waals surface area contributed by atoms with Crippen LogP contribution in [0.4, 0.5) is 10.1 Å². The average molecular weight is 337 g/mol. The summed E-state index contributed by atoms with van der Waals surface area (Å²) in [5.41, 5.74) is 3.15. The Kier molecular flexibility index (Phi) is 4.16. The Hall–Kier alpha value is -2.42. The van der Waals surface area contributed by atoms with E-state index in [9.17, 15) is 9.50 Å². The Morgan fingerprint density at radius 2 is 1.84 bits per heavy atom. The van der Waals surface area contributed by atoms with Crippen LogP contribution in [0.5, 0.6) is 0 Å². The van der Waals surface area contributed by atoms with E-state index in [4.69, 9.17) is 5.26 Å². The number of anilines is 1. The van der Waals surface area contributed by atoms with Gasteiger partial charge >= 0.3 is 0 Å². The van der Waals surface area contributed by atoms with Crippen LogP contribution in [0.25, 0.3) is 0 Å². The van der Waals surface area contributed by atoms with Crippen LogP contribution in [0.15, 0.2) is 42.5 Å². The highest BCUT2D eigenvalue weighted by atomic mass is 19.1. The van der Waals surface area contributed by atoms with Crippen molar-refractivity contribution in [3.63, 3.8) is 0 Å². The number of fused-ring (bicyclic) bond motifs is 1. The van der Waals surface area contributed by atoms with Gasteiger partial charge in [0, 0.05) is 32.2 Å². The highest BCUT2D eigenvalue weighted by Gasteiger charge is 2.36. The fourth-order valence-electron chi connectivity index (χ4n) is 4.01. The summed E-state index contributed by atoms with van der Waals surface area (Å²) in [5, 5.41) is 19.5. The summed E-state index contributed by atoms with van der Waals surface area (Å²) in [7, 11) is 0. The molecular weight excluding hydrogens is 317 g/mol. The molecule has 2 aromatic rings. The zero-order valence-corrected chi connectivity index (χ0v) is 13.9. The van der Waals surface area contributed by atoms with Gasteiger partial charge in [-0.2, -0.15) is 5.26 Å². The van der Waals surface area contributed by atoms with Crippen LogP contribution < -0.4 is 4.90 Å². The normalized spacial score (nSPS) is 23.3. The van der Waals surface area contributed by atoms with E-state index in [0.717, 1.165) is 25.1 Å². The number of rotatable bonds is 2. The number of halogens is 1. The highest BCUT2D eigenvalue weighted by Crippen LogP contribution is 2.35. The van der Waals surface area contributed by atoms with Crippen LogP contribution >= 0.6 is 0 Å². The first-order chi connectivity index (χ1) is 12.2. The van der Waals surface area contributed by atoms with Crippen molar-refractivity contribution in [1.82, 2.24) is 4.90 Å². The molecule has 4 rings (SSSR count). The Balaban J connectivity index is 1.44. The first-order valence-electron chi connectivity index (χ1n) is 8.62. The summed E-state index contributed by atoms with van der Waals surface area (Å²) in [6.45, 7) is 3.00. The largest absolute Gasteiger partial charge is 0.387 e. The molecule has 0 radical (unpaired) electrons. The maximum atomic E-state index is 14.2. The molecular formula is C20H20FN3O. The number of aliphatic hydroxyl groups excluding tert-OH is 1. The molecule has 2 aromatic carbocycles. The summed E-state index contributed by atoms with van der Waals surface area (Å²) in [6.07, 6.45) is 0.414. The van der Waals surface area contributed by atoms with Crippen LogP contribution in [-0.2, 0) is 6.42 Å². The quantitative estimate of drug-likeness (QED) is 0.915. The smallest absolute Gasteiger partial charge is 0.147 e. The lowest BCUT2D eigenvalue weighted by Crippen LogP contribution is -2.51. The van der Waals surface area contributed by atoms with Gasteiger partial charge in [-0.1, -0.05) is 24.3 Å².